The van der Waals surface area contributed by atoms with Crippen molar-refractivity contribution in [2.75, 3.05) is 10.6 Å². The first-order valence-electron chi connectivity index (χ1n) is 15.2. The molecule has 6 aromatic rings. The lowest BCUT2D eigenvalue weighted by molar-refractivity contribution is -0.116. The van der Waals surface area contributed by atoms with Gasteiger partial charge in [-0.05, 0) is 65.7 Å². The largest absolute Gasteiger partial charge is 0.321 e. The molecule has 1 unspecified atom stereocenters. The summed E-state index contributed by atoms with van der Waals surface area (Å²) in [6, 6.07) is 42.1. The Morgan fingerprint density at radius 3 is 2.04 bits per heavy atom. The van der Waals surface area contributed by atoms with E-state index < -0.39 is 17.1 Å². The number of nitrogens with one attached hydrogen (secondary N) is 3. The normalized spacial score (nSPS) is 11.7. The zero-order chi connectivity index (χ0) is 34.0. The van der Waals surface area contributed by atoms with Gasteiger partial charge < -0.3 is 16.0 Å². The van der Waals surface area contributed by atoms with Gasteiger partial charge in [0.15, 0.2) is 5.13 Å². The Hall–Kier alpha value is -5.48. The number of nitrogens with zero attached hydrogens (tertiary/aromatic N) is 1. The first-order valence-corrected chi connectivity index (χ1v) is 17.3. The van der Waals surface area contributed by atoms with Crippen molar-refractivity contribution >= 4 is 69.3 Å². The van der Waals surface area contributed by atoms with Crippen molar-refractivity contribution < 1.29 is 14.4 Å². The van der Waals surface area contributed by atoms with E-state index in [0.717, 1.165) is 27.3 Å². The molecule has 0 aliphatic rings. The van der Waals surface area contributed by atoms with Gasteiger partial charge in [0.2, 0.25) is 5.91 Å². The van der Waals surface area contributed by atoms with Crippen LogP contribution < -0.4 is 16.0 Å². The van der Waals surface area contributed by atoms with Crippen LogP contribution in [-0.4, -0.2) is 22.7 Å². The molecule has 7 nitrogen and oxygen atoms in total. The van der Waals surface area contributed by atoms with Gasteiger partial charge in [-0.2, -0.15) is 0 Å². The Kier molecular flexibility index (Phi) is 11.0. The molecule has 3 N–H and O–H groups in total. The molecule has 3 amide bonds. The summed E-state index contributed by atoms with van der Waals surface area (Å²) in [5.74, 6) is -1.08. The number of thiazole rings is 1. The van der Waals surface area contributed by atoms with Crippen LogP contribution >= 0.6 is 34.7 Å². The molecular weight excluding hydrogens is 672 g/mol. The van der Waals surface area contributed by atoms with E-state index in [1.165, 1.54) is 23.1 Å². The minimum atomic E-state index is -0.571. The number of aromatic nitrogens is 1. The SMILES string of the molecule is O=C(Nc1ccc(SC(C(=O)Nc2nc(-c3ccc(Cl)cc3)cs2)c2ccccc2)cc1)/C(=C/c1ccccc1)NC(=O)c1ccccc1. The predicted molar refractivity (Wildman–Crippen MR) is 200 cm³/mol. The fourth-order valence-electron chi connectivity index (χ4n) is 4.77. The molecule has 0 fully saturated rings. The number of rotatable bonds is 11. The fraction of sp³-hybridized carbons (Fsp3) is 0.0256. The van der Waals surface area contributed by atoms with E-state index in [2.05, 4.69) is 20.9 Å². The molecule has 0 bridgehead atoms. The summed E-state index contributed by atoms with van der Waals surface area (Å²) in [5, 5.41) is 11.1. The van der Waals surface area contributed by atoms with Gasteiger partial charge in [0.1, 0.15) is 10.9 Å². The number of carbonyl (C=O) groups excluding carboxylic acids is 3. The van der Waals surface area contributed by atoms with E-state index in [0.29, 0.717) is 21.4 Å². The summed E-state index contributed by atoms with van der Waals surface area (Å²) in [5.41, 5.74) is 4.31. The number of anilines is 2. The molecule has 242 valence electrons. The lowest BCUT2D eigenvalue weighted by Gasteiger charge is -2.17. The van der Waals surface area contributed by atoms with Crippen LogP contribution in [0.5, 0.6) is 0 Å². The lowest BCUT2D eigenvalue weighted by atomic mass is 10.1. The van der Waals surface area contributed by atoms with E-state index >= 15 is 0 Å². The van der Waals surface area contributed by atoms with Crippen LogP contribution in [0.25, 0.3) is 17.3 Å². The molecule has 1 atom stereocenters. The molecule has 1 heterocycles. The van der Waals surface area contributed by atoms with Crippen molar-refractivity contribution in [1.82, 2.24) is 10.3 Å². The molecule has 0 radical (unpaired) electrons. The summed E-state index contributed by atoms with van der Waals surface area (Å²) in [6.07, 6.45) is 1.63. The summed E-state index contributed by atoms with van der Waals surface area (Å²) in [6.45, 7) is 0. The van der Waals surface area contributed by atoms with Crippen molar-refractivity contribution in [2.24, 2.45) is 0 Å². The second kappa shape index (κ2) is 16.1. The van der Waals surface area contributed by atoms with Crippen LogP contribution in [0.4, 0.5) is 10.8 Å². The highest BCUT2D eigenvalue weighted by Gasteiger charge is 2.23. The molecule has 0 spiro atoms. The first kappa shape index (κ1) is 33.4. The zero-order valence-corrected chi connectivity index (χ0v) is 28.3. The molecular formula is C39H29ClN4O3S2. The molecule has 5 aromatic carbocycles. The Labute approximate surface area is 297 Å². The Morgan fingerprint density at radius 2 is 1.37 bits per heavy atom. The number of carbonyl (C=O) groups is 3. The van der Waals surface area contributed by atoms with Crippen molar-refractivity contribution in [1.29, 1.82) is 0 Å². The van der Waals surface area contributed by atoms with Gasteiger partial charge in [-0.25, -0.2) is 4.98 Å². The zero-order valence-electron chi connectivity index (χ0n) is 25.9. The standard InChI is InChI=1S/C39H29ClN4O3S2/c40-30-18-16-27(17-19-30)34-25-48-39(43-34)44-38(47)35(28-12-6-2-7-13-28)49-32-22-20-31(21-23-32)41-37(46)33(24-26-10-4-1-5-11-26)42-36(45)29-14-8-3-9-15-29/h1-25,35H,(H,41,46)(H,42,45)(H,43,44,47)/b33-24-. The average Bonchev–Trinajstić information content (AvgIpc) is 3.60. The maximum Gasteiger partial charge on any atom is 0.272 e. The molecule has 1 aromatic heterocycles. The number of thioether (sulfide) groups is 1. The highest BCUT2D eigenvalue weighted by Crippen LogP contribution is 2.37. The van der Waals surface area contributed by atoms with Gasteiger partial charge >= 0.3 is 0 Å². The second-order valence-electron chi connectivity index (χ2n) is 10.7. The second-order valence-corrected chi connectivity index (χ2v) is 13.2. The van der Waals surface area contributed by atoms with E-state index in [1.54, 1.807) is 54.6 Å². The maximum atomic E-state index is 13.7. The highest BCUT2D eigenvalue weighted by molar-refractivity contribution is 8.00. The summed E-state index contributed by atoms with van der Waals surface area (Å²) in [4.78, 5) is 45.5. The molecule has 0 aliphatic heterocycles. The predicted octanol–water partition coefficient (Wildman–Crippen LogP) is 9.35. The van der Waals surface area contributed by atoms with Gasteiger partial charge in [0.25, 0.3) is 11.8 Å². The van der Waals surface area contributed by atoms with Crippen LogP contribution in [0.2, 0.25) is 5.02 Å². The third-order valence-corrected chi connectivity index (χ3v) is 9.50. The van der Waals surface area contributed by atoms with Gasteiger partial charge in [0, 0.05) is 32.1 Å². The van der Waals surface area contributed by atoms with E-state index in [1.807, 2.05) is 96.4 Å². The van der Waals surface area contributed by atoms with Crippen LogP contribution in [0.3, 0.4) is 0 Å². The minimum Gasteiger partial charge on any atom is -0.321 e. The van der Waals surface area contributed by atoms with Crippen molar-refractivity contribution in [2.45, 2.75) is 10.1 Å². The minimum absolute atomic E-state index is 0.0979. The molecule has 6 rings (SSSR count). The van der Waals surface area contributed by atoms with Gasteiger partial charge in [-0.15, -0.1) is 23.1 Å². The van der Waals surface area contributed by atoms with E-state index in [4.69, 9.17) is 11.6 Å². The molecule has 0 saturated carbocycles. The summed E-state index contributed by atoms with van der Waals surface area (Å²) >= 11 is 8.76. The van der Waals surface area contributed by atoms with Crippen molar-refractivity contribution in [3.8, 4) is 11.3 Å². The highest BCUT2D eigenvalue weighted by atomic mass is 35.5. The van der Waals surface area contributed by atoms with Crippen LogP contribution in [0, 0.1) is 0 Å². The number of benzene rings is 5. The molecule has 0 saturated heterocycles. The van der Waals surface area contributed by atoms with Crippen molar-refractivity contribution in [3.05, 3.63) is 172 Å². The first-order chi connectivity index (χ1) is 23.9. The van der Waals surface area contributed by atoms with E-state index in [9.17, 15) is 14.4 Å². The molecule has 49 heavy (non-hydrogen) atoms. The quantitative estimate of drug-likeness (QED) is 0.0924. The van der Waals surface area contributed by atoms with Crippen LogP contribution in [0.1, 0.15) is 26.7 Å². The Balaban J connectivity index is 1.16. The van der Waals surface area contributed by atoms with Crippen LogP contribution in [-0.2, 0) is 9.59 Å². The number of hydrogen-bond acceptors (Lipinski definition) is 6. The molecule has 10 heteroatoms. The topological polar surface area (TPSA) is 100 Å². The fourth-order valence-corrected chi connectivity index (χ4v) is 6.64. The van der Waals surface area contributed by atoms with Gasteiger partial charge in [-0.1, -0.05) is 103 Å². The Morgan fingerprint density at radius 1 is 0.735 bits per heavy atom. The Bertz CT molecular complexity index is 2070. The van der Waals surface area contributed by atoms with Gasteiger partial charge in [-0.3, -0.25) is 14.4 Å². The summed E-state index contributed by atoms with van der Waals surface area (Å²) < 4.78 is 0. The molecule has 0 aliphatic carbocycles. The smallest absolute Gasteiger partial charge is 0.272 e. The number of halogens is 1. The van der Waals surface area contributed by atoms with Gasteiger partial charge in [0.05, 0.1) is 5.69 Å². The monoisotopic (exact) mass is 700 g/mol. The van der Waals surface area contributed by atoms with Crippen LogP contribution in [0.15, 0.2) is 155 Å². The maximum absolute atomic E-state index is 13.7. The average molecular weight is 701 g/mol. The third kappa shape index (κ3) is 9.11. The number of amides is 3. The van der Waals surface area contributed by atoms with Crippen molar-refractivity contribution in [3.63, 3.8) is 0 Å². The van der Waals surface area contributed by atoms with E-state index in [-0.39, 0.29) is 11.6 Å². The summed E-state index contributed by atoms with van der Waals surface area (Å²) in [7, 11) is 0. The number of hydrogen-bond donors (Lipinski definition) is 3. The third-order valence-electron chi connectivity index (χ3n) is 7.22. The lowest BCUT2D eigenvalue weighted by Crippen LogP contribution is -2.30.